The van der Waals surface area contributed by atoms with Gasteiger partial charge in [-0.2, -0.15) is 0 Å². The van der Waals surface area contributed by atoms with E-state index in [0.717, 1.165) is 28.2 Å². The van der Waals surface area contributed by atoms with Crippen LogP contribution in [-0.2, 0) is 0 Å². The largest absolute Gasteiger partial charge is 0.355 e. The predicted octanol–water partition coefficient (Wildman–Crippen LogP) is 4.69. The zero-order valence-corrected chi connectivity index (χ0v) is 13.7. The van der Waals surface area contributed by atoms with Gasteiger partial charge >= 0.3 is 0 Å². The second-order valence-corrected chi connectivity index (χ2v) is 5.75. The van der Waals surface area contributed by atoms with E-state index in [9.17, 15) is 4.79 Å². The highest BCUT2D eigenvalue weighted by Crippen LogP contribution is 2.18. The Bertz CT molecular complexity index is 840. The maximum Gasteiger partial charge on any atom is 0.274 e. The van der Waals surface area contributed by atoms with E-state index in [1.54, 1.807) is 12.3 Å². The lowest BCUT2D eigenvalue weighted by Crippen LogP contribution is -2.14. The Hall–Kier alpha value is -3.14. The van der Waals surface area contributed by atoms with Crippen molar-refractivity contribution in [3.8, 4) is 0 Å². The number of para-hydroxylation sites is 1. The summed E-state index contributed by atoms with van der Waals surface area (Å²) in [5, 5.41) is 6.16. The smallest absolute Gasteiger partial charge is 0.274 e. The highest BCUT2D eigenvalue weighted by atomic mass is 16.1. The summed E-state index contributed by atoms with van der Waals surface area (Å²) in [7, 11) is 0. The zero-order valence-electron chi connectivity index (χ0n) is 13.7. The minimum Gasteiger partial charge on any atom is -0.355 e. The Kier molecular flexibility index (Phi) is 4.57. The fourth-order valence-electron chi connectivity index (χ4n) is 2.56. The molecule has 0 saturated carbocycles. The van der Waals surface area contributed by atoms with E-state index in [1.807, 2.05) is 62.4 Å². The van der Waals surface area contributed by atoms with Crippen molar-refractivity contribution < 1.29 is 4.79 Å². The van der Waals surface area contributed by atoms with Gasteiger partial charge in [-0.25, -0.2) is 0 Å². The number of anilines is 3. The molecule has 0 radical (unpaired) electrons. The number of nitrogens with zero attached hydrogens (tertiary/aromatic N) is 1. The van der Waals surface area contributed by atoms with Gasteiger partial charge in [0.2, 0.25) is 0 Å². The van der Waals surface area contributed by atoms with Crippen LogP contribution in [0.15, 0.2) is 66.9 Å². The molecule has 0 saturated heterocycles. The molecule has 1 amide bonds. The number of amides is 1. The second kappa shape index (κ2) is 6.96. The van der Waals surface area contributed by atoms with Crippen LogP contribution in [0.3, 0.4) is 0 Å². The van der Waals surface area contributed by atoms with Crippen LogP contribution < -0.4 is 10.6 Å². The van der Waals surface area contributed by atoms with E-state index < -0.39 is 0 Å². The molecule has 0 aliphatic carbocycles. The van der Waals surface area contributed by atoms with E-state index in [2.05, 4.69) is 21.7 Å². The Morgan fingerprint density at radius 2 is 1.54 bits per heavy atom. The first-order valence-electron chi connectivity index (χ1n) is 7.78. The highest BCUT2D eigenvalue weighted by Gasteiger charge is 2.09. The average Bonchev–Trinajstić information content (AvgIpc) is 2.55. The molecule has 0 spiro atoms. The molecule has 4 nitrogen and oxygen atoms in total. The van der Waals surface area contributed by atoms with Crippen molar-refractivity contribution >= 4 is 23.0 Å². The van der Waals surface area contributed by atoms with Gasteiger partial charge < -0.3 is 10.6 Å². The predicted molar refractivity (Wildman–Crippen MR) is 97.8 cm³/mol. The number of hydrogen-bond donors (Lipinski definition) is 2. The summed E-state index contributed by atoms with van der Waals surface area (Å²) in [5.74, 6) is -0.225. The minimum absolute atomic E-state index is 0.225. The Balaban J connectivity index is 1.76. The number of rotatable bonds is 4. The van der Waals surface area contributed by atoms with Gasteiger partial charge in [0, 0.05) is 23.3 Å². The summed E-state index contributed by atoms with van der Waals surface area (Å²) in [6.45, 7) is 4.01. The van der Waals surface area contributed by atoms with Crippen molar-refractivity contribution in [3.05, 3.63) is 83.7 Å². The molecular formula is C20H19N3O. The van der Waals surface area contributed by atoms with E-state index in [0.29, 0.717) is 5.69 Å². The molecule has 2 aromatic carbocycles. The molecular weight excluding hydrogens is 298 g/mol. The van der Waals surface area contributed by atoms with Crippen molar-refractivity contribution in [3.63, 3.8) is 0 Å². The van der Waals surface area contributed by atoms with Crippen LogP contribution in [0, 0.1) is 13.8 Å². The number of carbonyl (C=O) groups is 1. The summed E-state index contributed by atoms with van der Waals surface area (Å²) < 4.78 is 0. The van der Waals surface area contributed by atoms with Crippen LogP contribution in [-0.4, -0.2) is 10.9 Å². The summed E-state index contributed by atoms with van der Waals surface area (Å²) in [4.78, 5) is 16.6. The normalized spacial score (nSPS) is 10.2. The Morgan fingerprint density at radius 3 is 2.25 bits per heavy atom. The fraction of sp³-hybridized carbons (Fsp3) is 0.100. The van der Waals surface area contributed by atoms with Crippen LogP contribution in [0.4, 0.5) is 17.1 Å². The van der Waals surface area contributed by atoms with Crippen molar-refractivity contribution in [2.24, 2.45) is 0 Å². The van der Waals surface area contributed by atoms with Gasteiger partial charge in [-0.3, -0.25) is 9.78 Å². The summed E-state index contributed by atoms with van der Waals surface area (Å²) in [6, 6.07) is 19.3. The first-order valence-corrected chi connectivity index (χ1v) is 7.78. The van der Waals surface area contributed by atoms with Crippen LogP contribution in [0.5, 0.6) is 0 Å². The van der Waals surface area contributed by atoms with E-state index >= 15 is 0 Å². The van der Waals surface area contributed by atoms with Crippen molar-refractivity contribution in [1.29, 1.82) is 0 Å². The molecule has 0 bridgehead atoms. The highest BCUT2D eigenvalue weighted by molar-refractivity contribution is 6.03. The van der Waals surface area contributed by atoms with Crippen LogP contribution in [0.1, 0.15) is 21.6 Å². The van der Waals surface area contributed by atoms with Crippen LogP contribution in [0.2, 0.25) is 0 Å². The zero-order chi connectivity index (χ0) is 16.9. The first kappa shape index (κ1) is 15.7. The SMILES string of the molecule is Cc1cc(C)cc(NC(=O)c2cc(Nc3ccccc3)ccn2)c1. The number of hydrogen-bond acceptors (Lipinski definition) is 3. The molecule has 4 heteroatoms. The summed E-state index contributed by atoms with van der Waals surface area (Å²) in [6.07, 6.45) is 1.63. The second-order valence-electron chi connectivity index (χ2n) is 5.75. The number of carbonyl (C=O) groups excluding carboxylic acids is 1. The molecule has 0 atom stereocenters. The lowest BCUT2D eigenvalue weighted by molar-refractivity contribution is 0.102. The van der Waals surface area contributed by atoms with E-state index in [4.69, 9.17) is 0 Å². The maximum absolute atomic E-state index is 12.4. The lowest BCUT2D eigenvalue weighted by atomic mass is 10.1. The molecule has 24 heavy (non-hydrogen) atoms. The fourth-order valence-corrected chi connectivity index (χ4v) is 2.56. The molecule has 120 valence electrons. The van der Waals surface area contributed by atoms with Gasteiger partial charge in [-0.15, -0.1) is 0 Å². The third kappa shape index (κ3) is 3.98. The third-order valence-electron chi connectivity index (χ3n) is 3.53. The number of aromatic nitrogens is 1. The quantitative estimate of drug-likeness (QED) is 0.733. The molecule has 1 heterocycles. The number of aryl methyl sites for hydroxylation is 2. The third-order valence-corrected chi connectivity index (χ3v) is 3.53. The first-order chi connectivity index (χ1) is 11.6. The Morgan fingerprint density at radius 1 is 0.833 bits per heavy atom. The van der Waals surface area contributed by atoms with Crippen LogP contribution in [0.25, 0.3) is 0 Å². The molecule has 0 unspecified atom stereocenters. The maximum atomic E-state index is 12.4. The van der Waals surface area contributed by atoms with E-state index in [1.165, 1.54) is 0 Å². The van der Waals surface area contributed by atoms with Crippen molar-refractivity contribution in [2.75, 3.05) is 10.6 Å². The van der Waals surface area contributed by atoms with Crippen LogP contribution >= 0.6 is 0 Å². The number of benzene rings is 2. The average molecular weight is 317 g/mol. The van der Waals surface area contributed by atoms with Crippen molar-refractivity contribution in [1.82, 2.24) is 4.98 Å². The number of pyridine rings is 1. The standard InChI is InChI=1S/C20H19N3O/c1-14-10-15(2)12-18(11-14)23-20(24)19-13-17(8-9-21-19)22-16-6-4-3-5-7-16/h3-13H,1-2H3,(H,21,22)(H,23,24). The molecule has 0 aliphatic rings. The number of nitrogens with one attached hydrogen (secondary N) is 2. The molecule has 0 fully saturated rings. The molecule has 3 aromatic rings. The molecule has 0 aliphatic heterocycles. The van der Waals surface area contributed by atoms with Gasteiger partial charge in [-0.05, 0) is 61.4 Å². The van der Waals surface area contributed by atoms with Gasteiger partial charge in [-0.1, -0.05) is 24.3 Å². The van der Waals surface area contributed by atoms with Gasteiger partial charge in [0.1, 0.15) is 5.69 Å². The molecule has 3 rings (SSSR count). The molecule has 2 N–H and O–H groups in total. The van der Waals surface area contributed by atoms with Gasteiger partial charge in [0.05, 0.1) is 0 Å². The molecule has 1 aromatic heterocycles. The van der Waals surface area contributed by atoms with Gasteiger partial charge in [0.25, 0.3) is 5.91 Å². The van der Waals surface area contributed by atoms with Gasteiger partial charge in [0.15, 0.2) is 0 Å². The monoisotopic (exact) mass is 317 g/mol. The lowest BCUT2D eigenvalue weighted by Gasteiger charge is -2.09. The van der Waals surface area contributed by atoms with Crippen molar-refractivity contribution in [2.45, 2.75) is 13.8 Å². The Labute approximate surface area is 141 Å². The summed E-state index contributed by atoms with van der Waals surface area (Å²) in [5.41, 5.74) is 5.15. The minimum atomic E-state index is -0.225. The topological polar surface area (TPSA) is 54.0 Å². The summed E-state index contributed by atoms with van der Waals surface area (Å²) >= 11 is 0. The van der Waals surface area contributed by atoms with E-state index in [-0.39, 0.29) is 5.91 Å².